The normalized spacial score (nSPS) is 18.1. The van der Waals surface area contributed by atoms with Crippen molar-refractivity contribution in [1.29, 1.82) is 0 Å². The van der Waals surface area contributed by atoms with Gasteiger partial charge in [-0.15, -0.1) is 0 Å². The molecular weight excluding hydrogens is 294 g/mol. The number of carbonyl (C=O) groups excluding carboxylic acids is 1. The number of rotatable bonds is 4. The summed E-state index contributed by atoms with van der Waals surface area (Å²) in [4.78, 5) is 12.2. The highest BCUT2D eigenvalue weighted by atomic mass is 79.9. The van der Waals surface area contributed by atoms with Gasteiger partial charge in [-0.2, -0.15) is 0 Å². The highest BCUT2D eigenvalue weighted by molar-refractivity contribution is 9.09. The van der Waals surface area contributed by atoms with Gasteiger partial charge in [-0.25, -0.2) is 0 Å². The van der Waals surface area contributed by atoms with Gasteiger partial charge in [0.25, 0.3) is 0 Å². The molecule has 1 N–H and O–H groups in total. The monoisotopic (exact) mass is 311 g/mol. The number of hydrogen-bond donors (Lipinski definition) is 1. The zero-order valence-electron chi connectivity index (χ0n) is 10.7. The van der Waals surface area contributed by atoms with Crippen molar-refractivity contribution in [3.05, 3.63) is 29.8 Å². The third-order valence-corrected chi connectivity index (χ3v) is 4.64. The van der Waals surface area contributed by atoms with Gasteiger partial charge >= 0.3 is 0 Å². The molecule has 0 saturated heterocycles. The Morgan fingerprint density at radius 1 is 1.50 bits per heavy atom. The summed E-state index contributed by atoms with van der Waals surface area (Å²) in [6.07, 6.45) is 0. The molecule has 1 heterocycles. The van der Waals surface area contributed by atoms with Crippen LogP contribution < -0.4 is 10.1 Å². The minimum Gasteiger partial charge on any atom is -0.492 e. The van der Waals surface area contributed by atoms with Crippen molar-refractivity contribution in [1.82, 2.24) is 5.32 Å². The molecule has 0 radical (unpaired) electrons. The Hall–Kier alpha value is -1.03. The average Bonchev–Trinajstić information content (AvgIpc) is 2.80. The van der Waals surface area contributed by atoms with Gasteiger partial charge in [-0.1, -0.05) is 48.0 Å². The quantitative estimate of drug-likeness (QED) is 0.868. The molecule has 1 atom stereocenters. The maximum absolute atomic E-state index is 12.2. The lowest BCUT2D eigenvalue weighted by molar-refractivity contribution is -0.123. The molecule has 1 aromatic carbocycles. The molecule has 3 nitrogen and oxygen atoms in total. The van der Waals surface area contributed by atoms with E-state index in [1.165, 1.54) is 0 Å². The summed E-state index contributed by atoms with van der Waals surface area (Å²) >= 11 is 3.45. The van der Waals surface area contributed by atoms with E-state index in [0.717, 1.165) is 16.6 Å². The second kappa shape index (κ2) is 5.31. The molecule has 0 bridgehead atoms. The number of nitrogens with one attached hydrogen (secondary N) is 1. The predicted octanol–water partition coefficient (Wildman–Crippen LogP) is 2.70. The van der Waals surface area contributed by atoms with Crippen LogP contribution in [0.25, 0.3) is 0 Å². The molecule has 4 heteroatoms. The number of ether oxygens (including phenoxy) is 1. The van der Waals surface area contributed by atoms with Gasteiger partial charge in [0.2, 0.25) is 5.91 Å². The Bertz CT molecular complexity index is 445. The van der Waals surface area contributed by atoms with Crippen molar-refractivity contribution in [2.45, 2.75) is 19.8 Å². The van der Waals surface area contributed by atoms with Crippen LogP contribution in [0, 0.1) is 5.41 Å². The van der Waals surface area contributed by atoms with Crippen LogP contribution >= 0.6 is 15.9 Å². The molecule has 1 unspecified atom stereocenters. The number of carbonyl (C=O) groups is 1. The van der Waals surface area contributed by atoms with E-state index in [4.69, 9.17) is 4.74 Å². The van der Waals surface area contributed by atoms with E-state index in [-0.39, 0.29) is 17.2 Å². The molecule has 0 saturated carbocycles. The van der Waals surface area contributed by atoms with Gasteiger partial charge in [0.05, 0.1) is 0 Å². The largest absolute Gasteiger partial charge is 0.492 e. The van der Waals surface area contributed by atoms with Crippen molar-refractivity contribution in [2.75, 3.05) is 18.5 Å². The van der Waals surface area contributed by atoms with E-state index in [9.17, 15) is 4.79 Å². The number of alkyl halides is 1. The van der Waals surface area contributed by atoms with Crippen molar-refractivity contribution in [2.24, 2.45) is 5.41 Å². The highest BCUT2D eigenvalue weighted by Crippen LogP contribution is 2.33. The van der Waals surface area contributed by atoms with Crippen LogP contribution in [0.5, 0.6) is 5.75 Å². The molecular formula is C14H18BrNO2. The van der Waals surface area contributed by atoms with E-state index in [2.05, 4.69) is 35.1 Å². The summed E-state index contributed by atoms with van der Waals surface area (Å²) in [5.74, 6) is 0.707. The third kappa shape index (κ3) is 2.86. The fraction of sp³-hybridized carbons (Fsp3) is 0.500. The van der Waals surface area contributed by atoms with Crippen LogP contribution in [0.15, 0.2) is 24.3 Å². The first-order chi connectivity index (χ1) is 8.53. The van der Waals surface area contributed by atoms with E-state index >= 15 is 0 Å². The van der Waals surface area contributed by atoms with Gasteiger partial charge in [-0.05, 0) is 11.5 Å². The van der Waals surface area contributed by atoms with Gasteiger partial charge in [0, 0.05) is 17.4 Å². The number of amides is 1. The van der Waals surface area contributed by atoms with Crippen LogP contribution in [-0.4, -0.2) is 24.4 Å². The van der Waals surface area contributed by atoms with E-state index in [1.54, 1.807) is 0 Å². The first-order valence-corrected chi connectivity index (χ1v) is 7.21. The van der Waals surface area contributed by atoms with Crippen LogP contribution in [0.3, 0.4) is 0 Å². The van der Waals surface area contributed by atoms with Crippen molar-refractivity contribution in [3.8, 4) is 5.75 Å². The van der Waals surface area contributed by atoms with Crippen molar-refractivity contribution >= 4 is 21.8 Å². The van der Waals surface area contributed by atoms with Gasteiger partial charge in [0.15, 0.2) is 0 Å². The number of halogens is 1. The molecule has 0 aromatic heterocycles. The molecule has 2 rings (SSSR count). The number of benzene rings is 1. The van der Waals surface area contributed by atoms with E-state index in [1.807, 2.05) is 24.3 Å². The average molecular weight is 312 g/mol. The predicted molar refractivity (Wildman–Crippen MR) is 75.3 cm³/mol. The summed E-state index contributed by atoms with van der Waals surface area (Å²) in [6.45, 7) is 5.33. The number of fused-ring (bicyclic) bond motifs is 1. The minimum atomic E-state index is -0.174. The minimum absolute atomic E-state index is 0.0500. The van der Waals surface area contributed by atoms with Gasteiger partial charge < -0.3 is 10.1 Å². The highest BCUT2D eigenvalue weighted by Gasteiger charge is 2.30. The number of para-hydroxylation sites is 1. The van der Waals surface area contributed by atoms with Crippen molar-refractivity contribution < 1.29 is 9.53 Å². The molecule has 0 fully saturated rings. The summed E-state index contributed by atoms with van der Waals surface area (Å²) in [7, 11) is 0. The van der Waals surface area contributed by atoms with E-state index < -0.39 is 0 Å². The second-order valence-corrected chi connectivity index (χ2v) is 5.98. The molecule has 18 heavy (non-hydrogen) atoms. The van der Waals surface area contributed by atoms with Crippen LogP contribution in [0.1, 0.15) is 25.3 Å². The first kappa shape index (κ1) is 13.4. The standard InChI is InChI=1S/C14H18BrNO2/c1-14(2,8-15)9-16-13(17)11-7-18-12-6-4-3-5-10(11)12/h3-6,11H,7-9H2,1-2H3,(H,16,17). The van der Waals surface area contributed by atoms with Crippen LogP contribution in [-0.2, 0) is 4.79 Å². The Balaban J connectivity index is 2.00. The van der Waals surface area contributed by atoms with Gasteiger partial charge in [-0.3, -0.25) is 4.79 Å². The smallest absolute Gasteiger partial charge is 0.231 e. The Morgan fingerprint density at radius 2 is 2.22 bits per heavy atom. The Morgan fingerprint density at radius 3 is 2.94 bits per heavy atom. The SMILES string of the molecule is CC(C)(CBr)CNC(=O)C1COc2ccccc21. The summed E-state index contributed by atoms with van der Waals surface area (Å²) in [5.41, 5.74) is 1.06. The molecule has 98 valence electrons. The Kier molecular flexibility index (Phi) is 3.95. The molecule has 0 aliphatic carbocycles. The van der Waals surface area contributed by atoms with Crippen molar-refractivity contribution in [3.63, 3.8) is 0 Å². The lowest BCUT2D eigenvalue weighted by Gasteiger charge is -2.22. The fourth-order valence-electron chi connectivity index (χ4n) is 1.88. The fourth-order valence-corrected chi connectivity index (χ4v) is 2.07. The summed E-state index contributed by atoms with van der Waals surface area (Å²) < 4.78 is 5.52. The lowest BCUT2D eigenvalue weighted by atomic mass is 9.95. The second-order valence-electron chi connectivity index (χ2n) is 5.42. The number of hydrogen-bond acceptors (Lipinski definition) is 2. The maximum atomic E-state index is 12.2. The summed E-state index contributed by atoms with van der Waals surface area (Å²) in [5, 5.41) is 3.87. The zero-order chi connectivity index (χ0) is 13.2. The lowest BCUT2D eigenvalue weighted by Crippen LogP contribution is -2.38. The van der Waals surface area contributed by atoms with Crippen LogP contribution in [0.2, 0.25) is 0 Å². The molecule has 1 aromatic rings. The summed E-state index contributed by atoms with van der Waals surface area (Å²) in [6, 6.07) is 7.73. The maximum Gasteiger partial charge on any atom is 0.231 e. The molecule has 1 aliphatic rings. The third-order valence-electron chi connectivity index (χ3n) is 3.12. The first-order valence-electron chi connectivity index (χ1n) is 6.09. The molecule has 0 spiro atoms. The topological polar surface area (TPSA) is 38.3 Å². The van der Waals surface area contributed by atoms with Gasteiger partial charge in [0.1, 0.15) is 18.3 Å². The van der Waals surface area contributed by atoms with Crippen LogP contribution in [0.4, 0.5) is 0 Å². The zero-order valence-corrected chi connectivity index (χ0v) is 12.3. The van der Waals surface area contributed by atoms with E-state index in [0.29, 0.717) is 13.2 Å². The molecule has 1 aliphatic heterocycles. The molecule has 1 amide bonds. The Labute approximate surface area is 116 Å².